The van der Waals surface area contributed by atoms with E-state index in [-0.39, 0.29) is 0 Å². The Bertz CT molecular complexity index is 755. The highest BCUT2D eigenvalue weighted by Gasteiger charge is 2.20. The maximum atomic E-state index is 4.70. The van der Waals surface area contributed by atoms with Gasteiger partial charge in [0.2, 0.25) is 0 Å². The Morgan fingerprint density at radius 3 is 2.96 bits per heavy atom. The van der Waals surface area contributed by atoms with Gasteiger partial charge in [-0.05, 0) is 56.6 Å². The Morgan fingerprint density at radius 2 is 2.04 bits per heavy atom. The van der Waals surface area contributed by atoms with Crippen LogP contribution >= 0.6 is 0 Å². The molecule has 5 nitrogen and oxygen atoms in total. The lowest BCUT2D eigenvalue weighted by atomic mass is 9.97. The van der Waals surface area contributed by atoms with E-state index >= 15 is 0 Å². The van der Waals surface area contributed by atoms with Crippen LogP contribution in [0.25, 0.3) is 0 Å². The van der Waals surface area contributed by atoms with Gasteiger partial charge in [-0.1, -0.05) is 29.8 Å². The van der Waals surface area contributed by atoms with Crippen molar-refractivity contribution in [3.63, 3.8) is 0 Å². The van der Waals surface area contributed by atoms with Crippen molar-refractivity contribution in [1.29, 1.82) is 0 Å². The average molecular weight is 335 g/mol. The van der Waals surface area contributed by atoms with Gasteiger partial charge < -0.3 is 10.2 Å². The Labute approximate surface area is 149 Å². The Hall–Kier alpha value is -2.43. The smallest absolute Gasteiger partial charge is 0.251 e. The highest BCUT2D eigenvalue weighted by atomic mass is 15.3. The molecule has 2 aliphatic rings. The lowest BCUT2D eigenvalue weighted by molar-refractivity contribution is 0.679. The van der Waals surface area contributed by atoms with Crippen LogP contribution in [0.3, 0.4) is 0 Å². The highest BCUT2D eigenvalue weighted by Crippen LogP contribution is 2.31. The van der Waals surface area contributed by atoms with E-state index in [0.29, 0.717) is 5.95 Å². The first-order chi connectivity index (χ1) is 12.4. The topological polar surface area (TPSA) is 53.9 Å². The lowest BCUT2D eigenvalue weighted by Crippen LogP contribution is -2.26. The van der Waals surface area contributed by atoms with Crippen LogP contribution < -0.4 is 10.2 Å². The van der Waals surface area contributed by atoms with E-state index in [1.165, 1.54) is 36.9 Å². The van der Waals surface area contributed by atoms with Gasteiger partial charge in [-0.2, -0.15) is 10.1 Å². The zero-order valence-electron chi connectivity index (χ0n) is 14.6. The van der Waals surface area contributed by atoms with Crippen molar-refractivity contribution >= 4 is 17.5 Å². The molecule has 1 aromatic carbocycles. The van der Waals surface area contributed by atoms with Crippen molar-refractivity contribution in [2.45, 2.75) is 44.9 Å². The molecule has 25 heavy (non-hydrogen) atoms. The maximum absolute atomic E-state index is 4.70. The van der Waals surface area contributed by atoms with E-state index in [1.807, 2.05) is 0 Å². The summed E-state index contributed by atoms with van der Waals surface area (Å²) in [6, 6.07) is 8.51. The van der Waals surface area contributed by atoms with Crippen LogP contribution in [-0.4, -0.2) is 28.3 Å². The van der Waals surface area contributed by atoms with Gasteiger partial charge in [0.05, 0.1) is 6.20 Å². The fourth-order valence-electron chi connectivity index (χ4n) is 3.72. The minimum atomic E-state index is 0.689. The Morgan fingerprint density at radius 1 is 1.08 bits per heavy atom. The minimum Gasteiger partial charge on any atom is -0.368 e. The summed E-state index contributed by atoms with van der Waals surface area (Å²) in [6.45, 7) is 1.84. The summed E-state index contributed by atoms with van der Waals surface area (Å²) in [6.07, 6.45) is 12.6. The molecule has 0 unspecified atom stereocenters. The molecule has 2 aromatic rings. The number of benzene rings is 1. The van der Waals surface area contributed by atoms with Crippen molar-refractivity contribution in [2.75, 3.05) is 23.3 Å². The molecule has 0 atom stereocenters. The van der Waals surface area contributed by atoms with Gasteiger partial charge >= 0.3 is 0 Å². The first-order valence-corrected chi connectivity index (χ1v) is 9.37. The average Bonchev–Trinajstić information content (AvgIpc) is 2.69. The number of allylic oxidation sites excluding steroid dienone is 1. The largest absolute Gasteiger partial charge is 0.368 e. The fourth-order valence-corrected chi connectivity index (χ4v) is 3.72. The number of aryl methyl sites for hydroxylation is 1. The summed E-state index contributed by atoms with van der Waals surface area (Å²) in [5.74, 6) is 1.50. The molecule has 1 aliphatic heterocycles. The van der Waals surface area contributed by atoms with E-state index < -0.39 is 0 Å². The third kappa shape index (κ3) is 3.81. The predicted octanol–water partition coefficient (Wildman–Crippen LogP) is 4.26. The van der Waals surface area contributed by atoms with Crippen molar-refractivity contribution in [3.05, 3.63) is 47.7 Å². The van der Waals surface area contributed by atoms with E-state index in [9.17, 15) is 0 Å². The van der Waals surface area contributed by atoms with Crippen LogP contribution in [-0.2, 0) is 6.42 Å². The van der Waals surface area contributed by atoms with Gasteiger partial charge in [0, 0.05) is 18.8 Å². The molecule has 2 heterocycles. The molecule has 0 radical (unpaired) electrons. The molecular weight excluding hydrogens is 310 g/mol. The number of aromatic nitrogens is 3. The summed E-state index contributed by atoms with van der Waals surface area (Å²) in [7, 11) is 0. The Kier molecular flexibility index (Phi) is 4.91. The summed E-state index contributed by atoms with van der Waals surface area (Å²) in [5.41, 5.74) is 4.14. The normalized spacial score (nSPS) is 17.0. The molecule has 0 saturated heterocycles. The molecule has 0 bridgehead atoms. The zero-order valence-corrected chi connectivity index (χ0v) is 14.6. The van der Waals surface area contributed by atoms with Gasteiger partial charge in [0.15, 0.2) is 5.82 Å². The molecule has 0 fully saturated rings. The van der Waals surface area contributed by atoms with E-state index in [1.54, 1.807) is 11.8 Å². The number of hydrogen-bond donors (Lipinski definition) is 1. The second kappa shape index (κ2) is 7.64. The summed E-state index contributed by atoms with van der Waals surface area (Å²) in [5, 5.41) is 11.9. The van der Waals surface area contributed by atoms with Crippen LogP contribution in [0.2, 0.25) is 0 Å². The predicted molar refractivity (Wildman–Crippen MR) is 101 cm³/mol. The van der Waals surface area contributed by atoms with Gasteiger partial charge in [0.25, 0.3) is 5.95 Å². The summed E-state index contributed by atoms with van der Waals surface area (Å²) < 4.78 is 0. The van der Waals surface area contributed by atoms with Crippen LogP contribution in [0.15, 0.2) is 42.1 Å². The van der Waals surface area contributed by atoms with Crippen LogP contribution in [0, 0.1) is 0 Å². The van der Waals surface area contributed by atoms with Crippen molar-refractivity contribution in [1.82, 2.24) is 15.2 Å². The van der Waals surface area contributed by atoms with E-state index in [2.05, 4.69) is 50.8 Å². The first kappa shape index (κ1) is 16.1. The molecule has 1 aliphatic carbocycles. The van der Waals surface area contributed by atoms with Gasteiger partial charge in [-0.15, -0.1) is 5.10 Å². The maximum Gasteiger partial charge on any atom is 0.251 e. The summed E-state index contributed by atoms with van der Waals surface area (Å²) in [4.78, 5) is 6.88. The van der Waals surface area contributed by atoms with Crippen molar-refractivity contribution < 1.29 is 0 Å². The zero-order chi connectivity index (χ0) is 16.9. The quantitative estimate of drug-likeness (QED) is 0.828. The molecule has 0 saturated carbocycles. The minimum absolute atomic E-state index is 0.689. The lowest BCUT2D eigenvalue weighted by Gasteiger charge is -2.29. The molecule has 0 amide bonds. The third-order valence-electron chi connectivity index (χ3n) is 5.04. The molecule has 1 aromatic heterocycles. The SMILES string of the molecule is C1=C(CCNc2cnnc(N3CCCc4ccccc43)n2)CCCC1. The molecule has 4 rings (SSSR count). The number of anilines is 3. The highest BCUT2D eigenvalue weighted by molar-refractivity contribution is 5.63. The fraction of sp³-hybridized carbons (Fsp3) is 0.450. The van der Waals surface area contributed by atoms with E-state index in [4.69, 9.17) is 4.98 Å². The second-order valence-corrected chi connectivity index (χ2v) is 6.81. The molecule has 5 heteroatoms. The third-order valence-corrected chi connectivity index (χ3v) is 5.04. The number of rotatable bonds is 5. The monoisotopic (exact) mass is 335 g/mol. The molecule has 130 valence electrons. The number of hydrogen-bond acceptors (Lipinski definition) is 5. The van der Waals surface area contributed by atoms with Crippen LogP contribution in [0.4, 0.5) is 17.5 Å². The van der Waals surface area contributed by atoms with Gasteiger partial charge in [-0.25, -0.2) is 0 Å². The number of fused-ring (bicyclic) bond motifs is 1. The van der Waals surface area contributed by atoms with Crippen LogP contribution in [0.5, 0.6) is 0 Å². The molecule has 0 spiro atoms. The molecular formula is C20H25N5. The second-order valence-electron chi connectivity index (χ2n) is 6.81. The first-order valence-electron chi connectivity index (χ1n) is 9.37. The number of nitrogens with zero attached hydrogens (tertiary/aromatic N) is 4. The van der Waals surface area contributed by atoms with Crippen LogP contribution in [0.1, 0.15) is 44.1 Å². The van der Waals surface area contributed by atoms with Crippen molar-refractivity contribution in [2.24, 2.45) is 0 Å². The van der Waals surface area contributed by atoms with Crippen molar-refractivity contribution in [3.8, 4) is 0 Å². The van der Waals surface area contributed by atoms with Gasteiger partial charge in [-0.3, -0.25) is 0 Å². The van der Waals surface area contributed by atoms with E-state index in [0.717, 1.165) is 38.2 Å². The molecule has 1 N–H and O–H groups in total. The standard InChI is InChI=1S/C20H25N5/c1-2-7-16(8-3-1)12-13-21-19-15-22-24-20(23-19)25-14-6-10-17-9-4-5-11-18(17)25/h4-5,7,9,11,15H,1-3,6,8,10,12-14H2,(H,21,23,24). The summed E-state index contributed by atoms with van der Waals surface area (Å²) >= 11 is 0. The number of nitrogens with one attached hydrogen (secondary N) is 1. The van der Waals surface area contributed by atoms with Gasteiger partial charge in [0.1, 0.15) is 0 Å². The number of para-hydroxylation sites is 1. The Balaban J connectivity index is 1.44.